The molecule has 1 heterocycles. The van der Waals surface area contributed by atoms with Gasteiger partial charge in [-0.15, -0.1) is 0 Å². The van der Waals surface area contributed by atoms with E-state index in [0.717, 1.165) is 19.5 Å². The summed E-state index contributed by atoms with van der Waals surface area (Å²) in [7, 11) is 4.44. The van der Waals surface area contributed by atoms with Gasteiger partial charge < -0.3 is 4.90 Å². The number of carbonyl (C=O) groups is 1. The first kappa shape index (κ1) is 20.2. The molecule has 0 radical (unpaired) electrons. The van der Waals surface area contributed by atoms with Crippen LogP contribution in [0.2, 0.25) is 0 Å². The second-order valence-corrected chi connectivity index (χ2v) is 9.34. The minimum Gasteiger partial charge on any atom is -0.342 e. The molecule has 1 aliphatic carbocycles. The van der Waals surface area contributed by atoms with Crippen LogP contribution in [0.1, 0.15) is 49.7 Å². The Morgan fingerprint density at radius 1 is 0.897 bits per heavy atom. The standard InChI is InChI=1S/C26H34N2O/c1-27(2)26(23-11-7-4-8-12-23)17-15-25(16-18-26)19-20-28(21-25)24(29)14-13-22-9-5-3-6-10-22/h3-12H,13-21H2,1-2H3. The lowest BCUT2D eigenvalue weighted by molar-refractivity contribution is -0.130. The van der Waals surface area contributed by atoms with Gasteiger partial charge in [-0.3, -0.25) is 9.69 Å². The van der Waals surface area contributed by atoms with Crippen LogP contribution in [0.25, 0.3) is 0 Å². The van der Waals surface area contributed by atoms with E-state index in [2.05, 4.69) is 78.5 Å². The third kappa shape index (κ3) is 4.11. The highest BCUT2D eigenvalue weighted by atomic mass is 16.2. The van der Waals surface area contributed by atoms with Gasteiger partial charge in [-0.1, -0.05) is 60.7 Å². The molecule has 2 aliphatic rings. The molecule has 1 spiro atoms. The molecule has 2 aromatic carbocycles. The summed E-state index contributed by atoms with van der Waals surface area (Å²) >= 11 is 0. The van der Waals surface area contributed by atoms with Crippen LogP contribution in [0.3, 0.4) is 0 Å². The Labute approximate surface area is 175 Å². The van der Waals surface area contributed by atoms with Crippen molar-refractivity contribution in [2.75, 3.05) is 27.2 Å². The third-order valence-corrected chi connectivity index (χ3v) is 7.57. The van der Waals surface area contributed by atoms with Crippen LogP contribution in [0.15, 0.2) is 60.7 Å². The summed E-state index contributed by atoms with van der Waals surface area (Å²) < 4.78 is 0. The smallest absolute Gasteiger partial charge is 0.222 e. The molecule has 0 N–H and O–H groups in total. The normalized spacial score (nSPS) is 26.9. The molecule has 1 amide bonds. The molecule has 4 rings (SSSR count). The van der Waals surface area contributed by atoms with Crippen LogP contribution in [-0.2, 0) is 16.8 Å². The quantitative estimate of drug-likeness (QED) is 0.727. The largest absolute Gasteiger partial charge is 0.342 e. The van der Waals surface area contributed by atoms with Gasteiger partial charge in [-0.25, -0.2) is 0 Å². The molecule has 1 aliphatic heterocycles. The van der Waals surface area contributed by atoms with Gasteiger partial charge in [-0.05, 0) is 69.2 Å². The van der Waals surface area contributed by atoms with Crippen molar-refractivity contribution in [1.82, 2.24) is 9.80 Å². The number of hydrogen-bond acceptors (Lipinski definition) is 2. The van der Waals surface area contributed by atoms with E-state index in [-0.39, 0.29) is 5.54 Å². The fourth-order valence-electron chi connectivity index (χ4n) is 5.55. The molecule has 0 unspecified atom stereocenters. The molecular weight excluding hydrogens is 356 g/mol. The predicted molar refractivity (Wildman–Crippen MR) is 119 cm³/mol. The molecule has 3 heteroatoms. The van der Waals surface area contributed by atoms with Crippen molar-refractivity contribution < 1.29 is 4.79 Å². The van der Waals surface area contributed by atoms with Crippen LogP contribution in [-0.4, -0.2) is 42.9 Å². The van der Waals surface area contributed by atoms with E-state index >= 15 is 0 Å². The minimum absolute atomic E-state index is 0.136. The highest BCUT2D eigenvalue weighted by Gasteiger charge is 2.48. The van der Waals surface area contributed by atoms with Crippen LogP contribution in [0.5, 0.6) is 0 Å². The summed E-state index contributed by atoms with van der Waals surface area (Å²) in [5.74, 6) is 0.332. The van der Waals surface area contributed by atoms with Crippen LogP contribution in [0.4, 0.5) is 0 Å². The second kappa shape index (κ2) is 8.31. The molecule has 2 aromatic rings. The molecule has 1 saturated heterocycles. The fraction of sp³-hybridized carbons (Fsp3) is 0.500. The molecule has 0 aromatic heterocycles. The van der Waals surface area contributed by atoms with Crippen LogP contribution in [0, 0.1) is 5.41 Å². The van der Waals surface area contributed by atoms with Crippen molar-refractivity contribution >= 4 is 5.91 Å². The van der Waals surface area contributed by atoms with Gasteiger partial charge in [0.2, 0.25) is 5.91 Å². The maximum atomic E-state index is 12.8. The van der Waals surface area contributed by atoms with Gasteiger partial charge in [-0.2, -0.15) is 0 Å². The SMILES string of the molecule is CN(C)C1(c2ccccc2)CCC2(CCN(C(=O)CCc3ccccc3)C2)CC1. The van der Waals surface area contributed by atoms with Gasteiger partial charge in [0, 0.05) is 25.0 Å². The molecule has 1 saturated carbocycles. The number of amides is 1. The summed E-state index contributed by atoms with van der Waals surface area (Å²) in [5.41, 5.74) is 3.16. The lowest BCUT2D eigenvalue weighted by atomic mass is 9.64. The highest BCUT2D eigenvalue weighted by Crippen LogP contribution is 2.51. The van der Waals surface area contributed by atoms with E-state index in [4.69, 9.17) is 0 Å². The first-order valence-electron chi connectivity index (χ1n) is 11.1. The third-order valence-electron chi connectivity index (χ3n) is 7.57. The lowest BCUT2D eigenvalue weighted by Gasteiger charge is -2.49. The van der Waals surface area contributed by atoms with E-state index in [0.29, 0.717) is 17.7 Å². The molecular formula is C26H34N2O. The molecule has 2 fully saturated rings. The van der Waals surface area contributed by atoms with Gasteiger partial charge in [0.15, 0.2) is 0 Å². The number of nitrogens with zero attached hydrogens (tertiary/aromatic N) is 2. The van der Waals surface area contributed by atoms with Gasteiger partial charge in [0.25, 0.3) is 0 Å². The number of benzene rings is 2. The Hall–Kier alpha value is -2.13. The van der Waals surface area contributed by atoms with Crippen molar-refractivity contribution in [3.8, 4) is 0 Å². The number of hydrogen-bond donors (Lipinski definition) is 0. The molecule has 0 atom stereocenters. The van der Waals surface area contributed by atoms with E-state index in [1.165, 1.54) is 43.2 Å². The summed E-state index contributed by atoms with van der Waals surface area (Å²) in [6.45, 7) is 1.90. The predicted octanol–water partition coefficient (Wildman–Crippen LogP) is 4.87. The monoisotopic (exact) mass is 390 g/mol. The van der Waals surface area contributed by atoms with Crippen molar-refractivity contribution in [3.63, 3.8) is 0 Å². The summed E-state index contributed by atoms with van der Waals surface area (Å²) in [4.78, 5) is 17.4. The average Bonchev–Trinajstić information content (AvgIpc) is 3.18. The van der Waals surface area contributed by atoms with E-state index in [9.17, 15) is 4.79 Å². The maximum absolute atomic E-state index is 12.8. The Morgan fingerprint density at radius 3 is 2.14 bits per heavy atom. The first-order chi connectivity index (χ1) is 14.0. The lowest BCUT2D eigenvalue weighted by Crippen LogP contribution is -2.47. The van der Waals surface area contributed by atoms with E-state index in [1.54, 1.807) is 0 Å². The zero-order valence-corrected chi connectivity index (χ0v) is 17.9. The summed E-state index contributed by atoms with van der Waals surface area (Å²) in [5, 5.41) is 0. The molecule has 154 valence electrons. The molecule has 3 nitrogen and oxygen atoms in total. The maximum Gasteiger partial charge on any atom is 0.222 e. The van der Waals surface area contributed by atoms with Crippen LogP contribution >= 0.6 is 0 Å². The molecule has 0 bridgehead atoms. The Morgan fingerprint density at radius 2 is 1.52 bits per heavy atom. The van der Waals surface area contributed by atoms with Crippen molar-refractivity contribution in [1.29, 1.82) is 0 Å². The van der Waals surface area contributed by atoms with E-state index in [1.807, 2.05) is 6.07 Å². The number of likely N-dealkylation sites (tertiary alicyclic amines) is 1. The summed E-state index contributed by atoms with van der Waals surface area (Å²) in [6.07, 6.45) is 7.42. The topological polar surface area (TPSA) is 23.6 Å². The highest BCUT2D eigenvalue weighted by molar-refractivity contribution is 5.76. The zero-order valence-electron chi connectivity index (χ0n) is 17.9. The summed E-state index contributed by atoms with van der Waals surface area (Å²) in [6, 6.07) is 21.4. The zero-order chi connectivity index (χ0) is 20.3. The first-order valence-corrected chi connectivity index (χ1v) is 11.1. The van der Waals surface area contributed by atoms with Gasteiger partial charge in [0.1, 0.15) is 0 Å². The second-order valence-electron chi connectivity index (χ2n) is 9.34. The van der Waals surface area contributed by atoms with Crippen LogP contribution < -0.4 is 0 Å². The van der Waals surface area contributed by atoms with Crippen molar-refractivity contribution in [2.24, 2.45) is 5.41 Å². The Kier molecular flexibility index (Phi) is 5.78. The number of aryl methyl sites for hydroxylation is 1. The number of carbonyl (C=O) groups excluding carboxylic acids is 1. The fourth-order valence-corrected chi connectivity index (χ4v) is 5.55. The Balaban J connectivity index is 1.37. The minimum atomic E-state index is 0.136. The number of rotatable bonds is 5. The Bertz CT molecular complexity index is 807. The van der Waals surface area contributed by atoms with E-state index < -0.39 is 0 Å². The average molecular weight is 391 g/mol. The van der Waals surface area contributed by atoms with Crippen molar-refractivity contribution in [3.05, 3.63) is 71.8 Å². The van der Waals surface area contributed by atoms with Crippen molar-refractivity contribution in [2.45, 2.75) is 50.5 Å². The van der Waals surface area contributed by atoms with Gasteiger partial charge >= 0.3 is 0 Å². The van der Waals surface area contributed by atoms with Gasteiger partial charge in [0.05, 0.1) is 0 Å². The molecule has 29 heavy (non-hydrogen) atoms.